The summed E-state index contributed by atoms with van der Waals surface area (Å²) < 4.78 is 30.3. The molecule has 2 aromatic carbocycles. The molecule has 7 heteroatoms. The summed E-state index contributed by atoms with van der Waals surface area (Å²) in [4.78, 5) is 27.9. The number of carbonyl (C=O) groups excluding carboxylic acids is 1. The first-order valence-electron chi connectivity index (χ1n) is 11.2. The second-order valence-electron chi connectivity index (χ2n) is 9.32. The van der Waals surface area contributed by atoms with E-state index in [1.807, 2.05) is 44.2 Å². The van der Waals surface area contributed by atoms with E-state index in [0.717, 1.165) is 16.7 Å². The van der Waals surface area contributed by atoms with E-state index >= 15 is 0 Å². The van der Waals surface area contributed by atoms with E-state index in [0.29, 0.717) is 23.3 Å². The molecular weight excluding hydrogens is 438 g/mol. The molecule has 0 N–H and O–H groups in total. The highest BCUT2D eigenvalue weighted by atomic mass is 32.2. The van der Waals surface area contributed by atoms with Crippen molar-refractivity contribution in [3.05, 3.63) is 80.7 Å². The van der Waals surface area contributed by atoms with Crippen LogP contribution in [0.2, 0.25) is 0 Å². The third kappa shape index (κ3) is 4.88. The molecule has 1 aliphatic rings. The zero-order chi connectivity index (χ0) is 23.9. The Bertz CT molecular complexity index is 1370. The summed E-state index contributed by atoms with van der Waals surface area (Å²) in [6.45, 7) is 8.20. The Balaban J connectivity index is 1.73. The molecule has 1 atom stereocenters. The number of benzene rings is 2. The minimum Gasteiger partial charge on any atom is -0.450 e. The van der Waals surface area contributed by atoms with Gasteiger partial charge in [0, 0.05) is 18.7 Å². The molecule has 3 aromatic rings. The highest BCUT2D eigenvalue weighted by Gasteiger charge is 2.36. The van der Waals surface area contributed by atoms with E-state index < -0.39 is 21.8 Å². The average molecular weight is 468 g/mol. The summed E-state index contributed by atoms with van der Waals surface area (Å²) in [5.74, 6) is -0.186. The highest BCUT2D eigenvalue weighted by Crippen LogP contribution is 2.25. The van der Waals surface area contributed by atoms with Crippen molar-refractivity contribution < 1.29 is 17.6 Å². The normalized spacial score (nSPS) is 17.5. The third-order valence-corrected chi connectivity index (χ3v) is 8.03. The maximum Gasteiger partial charge on any atom is 0.290 e. The monoisotopic (exact) mass is 467 g/mol. The maximum atomic E-state index is 13.6. The molecule has 1 fully saturated rings. The number of rotatable bonds is 5. The van der Waals surface area contributed by atoms with Gasteiger partial charge in [-0.25, -0.2) is 8.42 Å². The average Bonchev–Trinajstić information content (AvgIpc) is 3.11. The van der Waals surface area contributed by atoms with E-state index in [9.17, 15) is 18.0 Å². The van der Waals surface area contributed by atoms with E-state index in [1.165, 1.54) is 11.6 Å². The lowest BCUT2D eigenvalue weighted by Gasteiger charge is -2.28. The smallest absolute Gasteiger partial charge is 0.290 e. The Hall–Kier alpha value is -2.93. The van der Waals surface area contributed by atoms with E-state index in [-0.39, 0.29) is 29.2 Å². The Kier molecular flexibility index (Phi) is 6.18. The zero-order valence-electron chi connectivity index (χ0n) is 19.4. The third-order valence-electron chi connectivity index (χ3n) is 6.28. The molecule has 1 unspecified atom stereocenters. The van der Waals surface area contributed by atoms with Crippen LogP contribution in [0.25, 0.3) is 11.0 Å². The molecule has 1 aromatic heterocycles. The Labute approximate surface area is 194 Å². The number of hydrogen-bond donors (Lipinski definition) is 0. The molecule has 1 aliphatic heterocycles. The lowest BCUT2D eigenvalue weighted by atomic mass is 10.0. The Morgan fingerprint density at radius 3 is 2.42 bits per heavy atom. The van der Waals surface area contributed by atoms with Gasteiger partial charge in [-0.2, -0.15) is 0 Å². The molecular formula is C26H29NO5S. The van der Waals surface area contributed by atoms with Gasteiger partial charge in [-0.05, 0) is 54.5 Å². The van der Waals surface area contributed by atoms with Gasteiger partial charge in [0.25, 0.3) is 5.91 Å². The van der Waals surface area contributed by atoms with Gasteiger partial charge in [-0.1, -0.05) is 44.2 Å². The fourth-order valence-corrected chi connectivity index (χ4v) is 6.18. The van der Waals surface area contributed by atoms with Crippen molar-refractivity contribution in [3.8, 4) is 0 Å². The molecule has 6 nitrogen and oxygen atoms in total. The molecule has 4 rings (SSSR count). The van der Waals surface area contributed by atoms with Crippen molar-refractivity contribution in [2.45, 2.75) is 52.6 Å². The molecule has 0 saturated carbocycles. The van der Waals surface area contributed by atoms with Crippen molar-refractivity contribution in [1.29, 1.82) is 0 Å². The molecule has 1 saturated heterocycles. The standard InChI is InChI=1S/C26H29NO5S/c1-16(2)20-7-5-19(6-8-20)14-27(21-9-10-33(30,31)15-21)26(29)24-13-23(28)22-12-17(3)11-18(4)25(22)32-24/h5-8,11-13,16,21H,9-10,14-15H2,1-4H3. The molecule has 174 valence electrons. The Morgan fingerprint density at radius 2 is 1.82 bits per heavy atom. The fraction of sp³-hybridized carbons (Fsp3) is 0.385. The largest absolute Gasteiger partial charge is 0.450 e. The van der Waals surface area contributed by atoms with E-state index in [1.54, 1.807) is 11.0 Å². The first-order valence-corrected chi connectivity index (χ1v) is 13.0. The van der Waals surface area contributed by atoms with Crippen LogP contribution >= 0.6 is 0 Å². The van der Waals surface area contributed by atoms with Gasteiger partial charge in [-0.3, -0.25) is 9.59 Å². The van der Waals surface area contributed by atoms with Crippen LogP contribution in [-0.2, 0) is 16.4 Å². The maximum absolute atomic E-state index is 13.6. The van der Waals surface area contributed by atoms with E-state index in [4.69, 9.17) is 4.42 Å². The van der Waals surface area contributed by atoms with Gasteiger partial charge in [0.05, 0.1) is 16.9 Å². The highest BCUT2D eigenvalue weighted by molar-refractivity contribution is 7.91. The topological polar surface area (TPSA) is 84.7 Å². The van der Waals surface area contributed by atoms with Crippen LogP contribution in [0.3, 0.4) is 0 Å². The Morgan fingerprint density at radius 1 is 1.12 bits per heavy atom. The van der Waals surface area contributed by atoms with Gasteiger partial charge in [-0.15, -0.1) is 0 Å². The molecule has 0 aliphatic carbocycles. The molecule has 0 radical (unpaired) electrons. The second-order valence-corrected chi connectivity index (χ2v) is 11.5. The van der Waals surface area contributed by atoms with Crippen molar-refractivity contribution in [2.75, 3.05) is 11.5 Å². The van der Waals surface area contributed by atoms with Crippen LogP contribution < -0.4 is 5.43 Å². The summed E-state index contributed by atoms with van der Waals surface area (Å²) >= 11 is 0. The van der Waals surface area contributed by atoms with Crippen LogP contribution in [0.15, 0.2) is 51.7 Å². The van der Waals surface area contributed by atoms with Crippen molar-refractivity contribution in [2.24, 2.45) is 0 Å². The zero-order valence-corrected chi connectivity index (χ0v) is 20.2. The van der Waals surface area contributed by atoms with Crippen LogP contribution in [0.1, 0.15) is 59.0 Å². The predicted octanol–water partition coefficient (Wildman–Crippen LogP) is 4.36. The predicted molar refractivity (Wildman–Crippen MR) is 129 cm³/mol. The molecule has 2 heterocycles. The van der Waals surface area contributed by atoms with Gasteiger partial charge in [0.1, 0.15) is 5.58 Å². The number of nitrogens with zero attached hydrogens (tertiary/aromatic N) is 1. The first kappa shape index (κ1) is 23.2. The number of fused-ring (bicyclic) bond motifs is 1. The first-order chi connectivity index (χ1) is 15.5. The molecule has 0 bridgehead atoms. The number of hydrogen-bond acceptors (Lipinski definition) is 5. The summed E-state index contributed by atoms with van der Waals surface area (Å²) in [7, 11) is -3.21. The second kappa shape index (κ2) is 8.78. The summed E-state index contributed by atoms with van der Waals surface area (Å²) in [5, 5.41) is 0.434. The molecule has 1 amide bonds. The van der Waals surface area contributed by atoms with Gasteiger partial charge in [0.2, 0.25) is 0 Å². The van der Waals surface area contributed by atoms with Gasteiger partial charge in [0.15, 0.2) is 21.0 Å². The fourth-order valence-electron chi connectivity index (χ4n) is 4.45. The molecule has 0 spiro atoms. The van der Waals surface area contributed by atoms with Crippen molar-refractivity contribution in [1.82, 2.24) is 4.90 Å². The van der Waals surface area contributed by atoms with Crippen molar-refractivity contribution >= 4 is 26.7 Å². The number of amides is 1. The van der Waals surface area contributed by atoms with Gasteiger partial charge < -0.3 is 9.32 Å². The van der Waals surface area contributed by atoms with Crippen molar-refractivity contribution in [3.63, 3.8) is 0 Å². The number of carbonyl (C=O) groups is 1. The number of aryl methyl sites for hydroxylation is 2. The lowest BCUT2D eigenvalue weighted by molar-refractivity contribution is 0.0648. The quantitative estimate of drug-likeness (QED) is 0.557. The van der Waals surface area contributed by atoms with E-state index in [2.05, 4.69) is 13.8 Å². The summed E-state index contributed by atoms with van der Waals surface area (Å²) in [6.07, 6.45) is 0.369. The van der Waals surface area contributed by atoms with Crippen LogP contribution in [-0.4, -0.2) is 36.8 Å². The minimum atomic E-state index is -3.21. The summed E-state index contributed by atoms with van der Waals surface area (Å²) in [5.41, 5.74) is 3.90. The van der Waals surface area contributed by atoms with Crippen LogP contribution in [0.4, 0.5) is 0 Å². The number of sulfone groups is 1. The van der Waals surface area contributed by atoms with Crippen LogP contribution in [0.5, 0.6) is 0 Å². The SMILES string of the molecule is Cc1cc(C)c2oc(C(=O)N(Cc3ccc(C(C)C)cc3)C3CCS(=O)(=O)C3)cc(=O)c2c1. The summed E-state index contributed by atoms with van der Waals surface area (Å²) in [6, 6.07) is 12.4. The van der Waals surface area contributed by atoms with Gasteiger partial charge >= 0.3 is 0 Å². The minimum absolute atomic E-state index is 0.0494. The molecule has 33 heavy (non-hydrogen) atoms. The lowest BCUT2D eigenvalue weighted by Crippen LogP contribution is -2.41. The van der Waals surface area contributed by atoms with Crippen LogP contribution in [0, 0.1) is 13.8 Å².